The lowest BCUT2D eigenvalue weighted by molar-refractivity contribution is 0.476. The highest BCUT2D eigenvalue weighted by Crippen LogP contribution is 2.31. The molecule has 0 aliphatic carbocycles. The van der Waals surface area contributed by atoms with Gasteiger partial charge < -0.3 is 5.11 Å². The van der Waals surface area contributed by atoms with Gasteiger partial charge in [-0.05, 0) is 18.2 Å². The largest absolute Gasteiger partial charge is 0.508 e. The summed E-state index contributed by atoms with van der Waals surface area (Å²) in [4.78, 5) is 0. The summed E-state index contributed by atoms with van der Waals surface area (Å²) in [6.07, 6.45) is 0. The first kappa shape index (κ1) is 6.95. The molecule has 0 saturated carbocycles. The second kappa shape index (κ2) is 2.40. The van der Waals surface area contributed by atoms with Crippen molar-refractivity contribution in [3.05, 3.63) is 28.6 Å². The topological polar surface area (TPSA) is 20.2 Å². The molecular weight excluding hydrogens is 180 g/mol. The van der Waals surface area contributed by atoms with Crippen LogP contribution in [0.4, 0.5) is 0 Å². The molecule has 1 nitrogen and oxygen atoms in total. The van der Waals surface area contributed by atoms with Gasteiger partial charge >= 0.3 is 0 Å². The van der Waals surface area contributed by atoms with Crippen molar-refractivity contribution >= 4 is 33.0 Å². The predicted octanol–water partition coefficient (Wildman–Crippen LogP) is 3.26. The van der Waals surface area contributed by atoms with Gasteiger partial charge in [0.25, 0.3) is 0 Å². The highest BCUT2D eigenvalue weighted by molar-refractivity contribution is 7.17. The van der Waals surface area contributed by atoms with Crippen molar-refractivity contribution in [2.45, 2.75) is 0 Å². The molecule has 1 N–H and O–H groups in total. The standard InChI is InChI=1S/C8H5ClOS/c9-7-4-11-8-3-5(10)1-2-6(7)8/h1-4,10H. The third-order valence-corrected chi connectivity index (χ3v) is 2.90. The highest BCUT2D eigenvalue weighted by atomic mass is 35.5. The normalized spacial score (nSPS) is 10.6. The van der Waals surface area contributed by atoms with Crippen LogP contribution in [-0.4, -0.2) is 5.11 Å². The fraction of sp³-hybridized carbons (Fsp3) is 0. The van der Waals surface area contributed by atoms with Crippen LogP contribution in [0.1, 0.15) is 0 Å². The lowest BCUT2D eigenvalue weighted by atomic mass is 10.2. The van der Waals surface area contributed by atoms with E-state index in [2.05, 4.69) is 0 Å². The first-order valence-corrected chi connectivity index (χ1v) is 4.39. The van der Waals surface area contributed by atoms with Crippen molar-refractivity contribution in [3.8, 4) is 5.75 Å². The van der Waals surface area contributed by atoms with E-state index in [1.54, 1.807) is 12.1 Å². The lowest BCUT2D eigenvalue weighted by Crippen LogP contribution is -1.63. The van der Waals surface area contributed by atoms with Crippen molar-refractivity contribution < 1.29 is 5.11 Å². The summed E-state index contributed by atoms with van der Waals surface area (Å²) >= 11 is 7.39. The Labute approximate surface area is 72.9 Å². The Morgan fingerprint density at radius 1 is 1.36 bits per heavy atom. The van der Waals surface area contributed by atoms with Gasteiger partial charge in [0, 0.05) is 15.5 Å². The van der Waals surface area contributed by atoms with Gasteiger partial charge in [0.05, 0.1) is 5.02 Å². The number of fused-ring (bicyclic) bond motifs is 1. The van der Waals surface area contributed by atoms with Crippen molar-refractivity contribution in [3.63, 3.8) is 0 Å². The van der Waals surface area contributed by atoms with Crippen LogP contribution in [0.3, 0.4) is 0 Å². The van der Waals surface area contributed by atoms with Crippen LogP contribution in [0.25, 0.3) is 10.1 Å². The Balaban J connectivity index is 2.86. The fourth-order valence-electron chi connectivity index (χ4n) is 0.985. The Hall–Kier alpha value is -0.730. The van der Waals surface area contributed by atoms with Gasteiger partial charge in [0.1, 0.15) is 5.75 Å². The first-order chi connectivity index (χ1) is 5.27. The number of hydrogen-bond donors (Lipinski definition) is 1. The molecule has 0 unspecified atom stereocenters. The van der Waals surface area contributed by atoms with E-state index in [-0.39, 0.29) is 5.75 Å². The molecule has 56 valence electrons. The Bertz CT molecular complexity index is 394. The molecule has 2 rings (SSSR count). The first-order valence-electron chi connectivity index (χ1n) is 3.13. The highest BCUT2D eigenvalue weighted by Gasteiger charge is 2.00. The van der Waals surface area contributed by atoms with Gasteiger partial charge in [-0.2, -0.15) is 0 Å². The molecule has 0 atom stereocenters. The SMILES string of the molecule is Oc1ccc2c(Cl)csc2c1. The molecule has 0 radical (unpaired) electrons. The van der Waals surface area contributed by atoms with Crippen LogP contribution < -0.4 is 0 Å². The minimum absolute atomic E-state index is 0.288. The number of thiophene rings is 1. The third-order valence-electron chi connectivity index (χ3n) is 1.51. The fourth-order valence-corrected chi connectivity index (χ4v) is 2.19. The van der Waals surface area contributed by atoms with Crippen molar-refractivity contribution in [1.82, 2.24) is 0 Å². The van der Waals surface area contributed by atoms with Crippen LogP contribution in [0.2, 0.25) is 5.02 Å². The van der Waals surface area contributed by atoms with Crippen LogP contribution in [0.15, 0.2) is 23.6 Å². The molecule has 11 heavy (non-hydrogen) atoms. The number of phenols is 1. The molecule has 0 aliphatic rings. The summed E-state index contributed by atoms with van der Waals surface area (Å²) in [6, 6.07) is 5.18. The van der Waals surface area contributed by atoms with Crippen LogP contribution in [0.5, 0.6) is 5.75 Å². The molecule has 0 amide bonds. The summed E-state index contributed by atoms with van der Waals surface area (Å²) in [6.45, 7) is 0. The Kier molecular flexibility index (Phi) is 1.51. The predicted molar refractivity (Wildman–Crippen MR) is 48.5 cm³/mol. The average Bonchev–Trinajstić information content (AvgIpc) is 2.32. The van der Waals surface area contributed by atoms with Gasteiger partial charge in [0.2, 0.25) is 0 Å². The second-order valence-electron chi connectivity index (χ2n) is 2.26. The number of phenolic OH excluding ortho intramolecular Hbond substituents is 1. The minimum Gasteiger partial charge on any atom is -0.508 e. The minimum atomic E-state index is 0.288. The molecule has 1 aromatic carbocycles. The molecule has 0 aliphatic heterocycles. The molecule has 0 spiro atoms. The maximum absolute atomic E-state index is 9.10. The Morgan fingerprint density at radius 3 is 3.00 bits per heavy atom. The number of aromatic hydroxyl groups is 1. The van der Waals surface area contributed by atoms with Gasteiger partial charge in [-0.25, -0.2) is 0 Å². The zero-order valence-corrected chi connectivity index (χ0v) is 7.12. The summed E-state index contributed by atoms with van der Waals surface area (Å²) in [7, 11) is 0. The van der Waals surface area contributed by atoms with Crippen molar-refractivity contribution in [2.75, 3.05) is 0 Å². The molecule has 0 saturated heterocycles. The van der Waals surface area contributed by atoms with Gasteiger partial charge in [0.15, 0.2) is 0 Å². The van der Waals surface area contributed by atoms with E-state index < -0.39 is 0 Å². The smallest absolute Gasteiger partial charge is 0.117 e. The van der Waals surface area contributed by atoms with Crippen LogP contribution in [0, 0.1) is 0 Å². The number of benzene rings is 1. The summed E-state index contributed by atoms with van der Waals surface area (Å²) in [5.41, 5.74) is 0. The van der Waals surface area contributed by atoms with E-state index in [9.17, 15) is 0 Å². The summed E-state index contributed by atoms with van der Waals surface area (Å²) < 4.78 is 1.02. The Morgan fingerprint density at radius 2 is 2.18 bits per heavy atom. The third kappa shape index (κ3) is 1.08. The van der Waals surface area contributed by atoms with E-state index in [0.29, 0.717) is 0 Å². The van der Waals surface area contributed by atoms with Gasteiger partial charge in [-0.15, -0.1) is 11.3 Å². The molecule has 3 heteroatoms. The number of rotatable bonds is 0. The molecule has 2 aromatic rings. The zero-order valence-electron chi connectivity index (χ0n) is 5.54. The van der Waals surface area contributed by atoms with Crippen molar-refractivity contribution in [2.24, 2.45) is 0 Å². The van der Waals surface area contributed by atoms with Crippen LogP contribution >= 0.6 is 22.9 Å². The summed E-state index contributed by atoms with van der Waals surface area (Å²) in [5, 5.41) is 12.7. The molecule has 1 heterocycles. The monoisotopic (exact) mass is 184 g/mol. The van der Waals surface area contributed by atoms with E-state index in [4.69, 9.17) is 16.7 Å². The second-order valence-corrected chi connectivity index (χ2v) is 3.58. The van der Waals surface area contributed by atoms with E-state index in [1.165, 1.54) is 11.3 Å². The maximum atomic E-state index is 9.10. The molecule has 0 fully saturated rings. The average molecular weight is 185 g/mol. The molecule has 1 aromatic heterocycles. The number of hydrogen-bond acceptors (Lipinski definition) is 2. The quantitative estimate of drug-likeness (QED) is 0.667. The lowest BCUT2D eigenvalue weighted by Gasteiger charge is -1.90. The van der Waals surface area contributed by atoms with E-state index in [1.807, 2.05) is 11.4 Å². The summed E-state index contributed by atoms with van der Waals surface area (Å²) in [5.74, 6) is 0.288. The van der Waals surface area contributed by atoms with E-state index in [0.717, 1.165) is 15.1 Å². The van der Waals surface area contributed by atoms with E-state index >= 15 is 0 Å². The maximum Gasteiger partial charge on any atom is 0.117 e. The van der Waals surface area contributed by atoms with Gasteiger partial charge in [-0.3, -0.25) is 0 Å². The molecule has 0 bridgehead atoms. The zero-order chi connectivity index (χ0) is 7.84. The molecular formula is C8H5ClOS. The van der Waals surface area contributed by atoms with Gasteiger partial charge in [-0.1, -0.05) is 11.6 Å². The van der Waals surface area contributed by atoms with Crippen LogP contribution in [-0.2, 0) is 0 Å². The van der Waals surface area contributed by atoms with Crippen molar-refractivity contribution in [1.29, 1.82) is 0 Å². The number of halogens is 1.